The number of rotatable bonds is 8. The van der Waals surface area contributed by atoms with Crippen molar-refractivity contribution in [3.05, 3.63) is 70.4 Å². The zero-order valence-corrected chi connectivity index (χ0v) is 19.9. The lowest BCUT2D eigenvalue weighted by atomic mass is 10.1. The van der Waals surface area contributed by atoms with E-state index in [4.69, 9.17) is 0 Å². The summed E-state index contributed by atoms with van der Waals surface area (Å²) in [6.45, 7) is 7.13. The molecule has 0 aliphatic rings. The number of nitrogens with one attached hydrogen (secondary N) is 1. The quantitative estimate of drug-likeness (QED) is 0.293. The van der Waals surface area contributed by atoms with E-state index in [-0.39, 0.29) is 0 Å². The fraction of sp³-hybridized carbons (Fsp3) is 0.240. The highest BCUT2D eigenvalue weighted by Gasteiger charge is 2.13. The van der Waals surface area contributed by atoms with Crippen LogP contribution in [0, 0.1) is 13.8 Å². The molecule has 0 atom stereocenters. The van der Waals surface area contributed by atoms with E-state index in [0.29, 0.717) is 5.56 Å². The molecular formula is C25H25N3O2S2. The molecule has 0 saturated heterocycles. The van der Waals surface area contributed by atoms with Crippen LogP contribution in [0.3, 0.4) is 0 Å². The van der Waals surface area contributed by atoms with Crippen LogP contribution in [0.4, 0.5) is 5.82 Å². The van der Waals surface area contributed by atoms with Crippen molar-refractivity contribution in [1.29, 1.82) is 0 Å². The Bertz CT molecular complexity index is 1280. The highest BCUT2D eigenvalue weighted by Crippen LogP contribution is 2.33. The first kappa shape index (κ1) is 22.3. The Labute approximate surface area is 195 Å². The summed E-state index contributed by atoms with van der Waals surface area (Å²) < 4.78 is 1.37. The molecular weight excluding hydrogens is 438 g/mol. The second-order valence-electron chi connectivity index (χ2n) is 7.50. The zero-order valence-electron chi connectivity index (χ0n) is 18.3. The van der Waals surface area contributed by atoms with Gasteiger partial charge < -0.3 is 10.4 Å². The average Bonchev–Trinajstić information content (AvgIpc) is 3.11. The maximum atomic E-state index is 11.5. The van der Waals surface area contributed by atoms with Crippen LogP contribution in [-0.4, -0.2) is 33.3 Å². The van der Waals surface area contributed by atoms with Crippen molar-refractivity contribution in [3.8, 4) is 11.3 Å². The van der Waals surface area contributed by atoms with Crippen LogP contribution in [0.25, 0.3) is 21.3 Å². The summed E-state index contributed by atoms with van der Waals surface area (Å²) in [5.74, 6) is 0.649. The number of anilines is 1. The van der Waals surface area contributed by atoms with Crippen LogP contribution in [0.2, 0.25) is 0 Å². The van der Waals surface area contributed by atoms with E-state index in [1.54, 1.807) is 18.5 Å². The van der Waals surface area contributed by atoms with E-state index in [2.05, 4.69) is 47.3 Å². The summed E-state index contributed by atoms with van der Waals surface area (Å²) in [4.78, 5) is 22.4. The van der Waals surface area contributed by atoms with Gasteiger partial charge in [0.2, 0.25) is 0 Å². The van der Waals surface area contributed by atoms with Gasteiger partial charge in [0.1, 0.15) is 12.1 Å². The number of carboxylic acids is 1. The number of thiophene rings is 1. The van der Waals surface area contributed by atoms with E-state index >= 15 is 0 Å². The minimum absolute atomic E-state index is 0.321. The third-order valence-electron chi connectivity index (χ3n) is 5.37. The molecule has 0 unspecified atom stereocenters. The first-order valence-electron chi connectivity index (χ1n) is 10.5. The van der Waals surface area contributed by atoms with Gasteiger partial charge in [-0.2, -0.15) is 0 Å². The van der Waals surface area contributed by atoms with E-state index < -0.39 is 5.97 Å². The van der Waals surface area contributed by atoms with Crippen LogP contribution in [-0.2, 0) is 6.42 Å². The molecule has 0 aliphatic carbocycles. The number of nitrogens with zero attached hydrogens (tertiary/aromatic N) is 2. The zero-order chi connectivity index (χ0) is 22.7. The third kappa shape index (κ3) is 4.64. The van der Waals surface area contributed by atoms with Crippen LogP contribution >= 0.6 is 23.1 Å². The number of thioether (sulfide) groups is 1. The van der Waals surface area contributed by atoms with Crippen LogP contribution in [0.1, 0.15) is 33.3 Å². The normalized spacial score (nSPS) is 11.1. The number of hydrogen-bond acceptors (Lipinski definition) is 6. The summed E-state index contributed by atoms with van der Waals surface area (Å²) in [5.41, 5.74) is 4.68. The number of carboxylic acid groups (broad SMARTS) is 1. The Morgan fingerprint density at radius 1 is 1.16 bits per heavy atom. The third-order valence-corrected chi connectivity index (χ3v) is 7.61. The van der Waals surface area contributed by atoms with Gasteiger partial charge in [-0.05, 0) is 54.7 Å². The summed E-state index contributed by atoms with van der Waals surface area (Å²) >= 11 is 3.38. The summed E-state index contributed by atoms with van der Waals surface area (Å²) in [5, 5.41) is 14.2. The second kappa shape index (κ2) is 9.71. The fourth-order valence-corrected chi connectivity index (χ4v) is 5.81. The minimum Gasteiger partial charge on any atom is -0.478 e. The van der Waals surface area contributed by atoms with Gasteiger partial charge in [-0.1, -0.05) is 31.2 Å². The van der Waals surface area contributed by atoms with Gasteiger partial charge in [0, 0.05) is 32.6 Å². The molecule has 0 spiro atoms. The number of aromatic nitrogens is 2. The molecule has 5 nitrogen and oxygen atoms in total. The van der Waals surface area contributed by atoms with E-state index in [1.165, 1.54) is 37.9 Å². The fourth-order valence-electron chi connectivity index (χ4n) is 3.80. The van der Waals surface area contributed by atoms with Gasteiger partial charge in [-0.15, -0.1) is 23.1 Å². The Morgan fingerprint density at radius 2 is 2.00 bits per heavy atom. The lowest BCUT2D eigenvalue weighted by molar-refractivity contribution is 0.0693. The van der Waals surface area contributed by atoms with Gasteiger partial charge >= 0.3 is 5.97 Å². The van der Waals surface area contributed by atoms with Crippen molar-refractivity contribution in [2.45, 2.75) is 32.1 Å². The van der Waals surface area contributed by atoms with E-state index in [9.17, 15) is 9.90 Å². The van der Waals surface area contributed by atoms with Crippen LogP contribution in [0.5, 0.6) is 0 Å². The van der Waals surface area contributed by atoms with Gasteiger partial charge in [0.05, 0.1) is 11.3 Å². The molecule has 2 aromatic heterocycles. The Kier molecular flexibility index (Phi) is 6.77. The highest BCUT2D eigenvalue weighted by atomic mass is 32.2. The molecule has 0 fully saturated rings. The highest BCUT2D eigenvalue weighted by molar-refractivity contribution is 7.99. The molecule has 4 aromatic rings. The predicted octanol–water partition coefficient (Wildman–Crippen LogP) is 6.44. The average molecular weight is 464 g/mol. The second-order valence-corrected chi connectivity index (χ2v) is 10.0. The minimum atomic E-state index is -0.913. The molecule has 7 heteroatoms. The topological polar surface area (TPSA) is 75.1 Å². The Hall–Kier alpha value is -2.90. The Morgan fingerprint density at radius 3 is 2.78 bits per heavy atom. The van der Waals surface area contributed by atoms with Crippen molar-refractivity contribution in [3.63, 3.8) is 0 Å². The van der Waals surface area contributed by atoms with Gasteiger partial charge in [0.15, 0.2) is 0 Å². The molecule has 0 radical (unpaired) electrons. The molecule has 0 saturated carbocycles. The number of benzene rings is 2. The number of aromatic carboxylic acids is 1. The largest absolute Gasteiger partial charge is 0.478 e. The van der Waals surface area contributed by atoms with Crippen LogP contribution < -0.4 is 5.32 Å². The smallest absolute Gasteiger partial charge is 0.336 e. The maximum Gasteiger partial charge on any atom is 0.336 e. The number of hydrogen-bond donors (Lipinski definition) is 2. The predicted molar refractivity (Wildman–Crippen MR) is 134 cm³/mol. The number of aryl methyl sites for hydroxylation is 2. The monoisotopic (exact) mass is 463 g/mol. The number of carbonyl (C=O) groups is 1. The van der Waals surface area contributed by atoms with Gasteiger partial charge in [-0.3, -0.25) is 0 Å². The summed E-state index contributed by atoms with van der Waals surface area (Å²) in [7, 11) is 0. The number of fused-ring (bicyclic) bond motifs is 1. The van der Waals surface area contributed by atoms with Gasteiger partial charge in [0.25, 0.3) is 0 Å². The molecule has 0 aliphatic heterocycles. The van der Waals surface area contributed by atoms with Crippen molar-refractivity contribution in [2.75, 3.05) is 17.6 Å². The molecule has 2 heterocycles. The van der Waals surface area contributed by atoms with Crippen molar-refractivity contribution in [2.24, 2.45) is 0 Å². The SMILES string of the molecule is CCSc1cc(-c2cc(NCCc3c(C)sc4c(C)cccc34)ncn2)ccc1C(=O)O. The van der Waals surface area contributed by atoms with E-state index in [1.807, 2.05) is 30.4 Å². The Balaban J connectivity index is 1.51. The van der Waals surface area contributed by atoms with Crippen molar-refractivity contribution >= 4 is 45.0 Å². The molecule has 164 valence electrons. The molecule has 0 bridgehead atoms. The lowest BCUT2D eigenvalue weighted by Crippen LogP contribution is -2.07. The van der Waals surface area contributed by atoms with Crippen LogP contribution in [0.15, 0.2) is 53.7 Å². The summed E-state index contributed by atoms with van der Waals surface area (Å²) in [6.07, 6.45) is 2.46. The molecule has 4 rings (SSSR count). The lowest BCUT2D eigenvalue weighted by Gasteiger charge is -2.10. The molecule has 0 amide bonds. The van der Waals surface area contributed by atoms with Crippen molar-refractivity contribution < 1.29 is 9.90 Å². The first-order chi connectivity index (χ1) is 15.5. The van der Waals surface area contributed by atoms with E-state index in [0.717, 1.165) is 40.7 Å². The molecule has 2 N–H and O–H groups in total. The first-order valence-corrected chi connectivity index (χ1v) is 12.3. The van der Waals surface area contributed by atoms with Crippen molar-refractivity contribution in [1.82, 2.24) is 9.97 Å². The summed E-state index contributed by atoms with van der Waals surface area (Å²) in [6, 6.07) is 13.8. The maximum absolute atomic E-state index is 11.5. The van der Waals surface area contributed by atoms with Gasteiger partial charge in [-0.25, -0.2) is 14.8 Å². The molecule has 2 aromatic carbocycles. The standard InChI is InChI=1S/C25H25N3O2S2/c1-4-31-22-12-17(8-9-20(22)25(29)30)21-13-23(28-14-27-21)26-11-10-18-16(3)32-24-15(2)6-5-7-19(18)24/h5-9,12-14H,4,10-11H2,1-3H3,(H,29,30)(H,26,27,28). The molecule has 32 heavy (non-hydrogen) atoms.